The molecule has 0 saturated carbocycles. The SMILES string of the molecule is CC1(C)c2ccc(Nc3nc4c(N5CCNC(=O)CC5)nccn4n3)cc2NC1O. The molecule has 1 unspecified atom stereocenters. The Morgan fingerprint density at radius 2 is 2.17 bits per heavy atom. The lowest BCUT2D eigenvalue weighted by Gasteiger charge is -2.22. The molecule has 0 radical (unpaired) electrons. The number of hydrogen-bond acceptors (Lipinski definition) is 8. The molecule has 2 aliphatic rings. The Hall–Kier alpha value is -3.40. The summed E-state index contributed by atoms with van der Waals surface area (Å²) in [7, 11) is 0. The number of nitrogens with zero attached hydrogens (tertiary/aromatic N) is 5. The number of carbonyl (C=O) groups is 1. The van der Waals surface area contributed by atoms with Crippen LogP contribution in [-0.2, 0) is 10.2 Å². The average molecular weight is 408 g/mol. The Morgan fingerprint density at radius 3 is 3.03 bits per heavy atom. The maximum atomic E-state index is 11.6. The van der Waals surface area contributed by atoms with Crippen molar-refractivity contribution in [2.75, 3.05) is 35.2 Å². The number of nitrogens with one attached hydrogen (secondary N) is 3. The van der Waals surface area contributed by atoms with Crippen molar-refractivity contribution >= 4 is 34.7 Å². The molecule has 1 amide bonds. The van der Waals surface area contributed by atoms with Gasteiger partial charge in [-0.05, 0) is 17.7 Å². The van der Waals surface area contributed by atoms with Crippen LogP contribution in [0.5, 0.6) is 0 Å². The highest BCUT2D eigenvalue weighted by Gasteiger charge is 2.38. The second kappa shape index (κ2) is 6.84. The standard InChI is InChI=1S/C20H24N8O2/c1-20(2)13-4-3-12(11-14(13)24-18(20)30)23-19-25-17-16(22-7-10-28(17)26-19)27-8-5-15(29)21-6-9-27/h3-4,7,10-11,18,24,30H,5-6,8-9H2,1-2H3,(H,21,29)(H,23,26). The molecule has 156 valence electrons. The third-order valence-electron chi connectivity index (χ3n) is 5.79. The van der Waals surface area contributed by atoms with Gasteiger partial charge in [-0.25, -0.2) is 9.50 Å². The number of hydrogen-bond donors (Lipinski definition) is 4. The lowest BCUT2D eigenvalue weighted by atomic mass is 9.85. The van der Waals surface area contributed by atoms with Crippen molar-refractivity contribution < 1.29 is 9.90 Å². The van der Waals surface area contributed by atoms with Crippen LogP contribution in [0.25, 0.3) is 5.65 Å². The fourth-order valence-corrected chi connectivity index (χ4v) is 3.97. The van der Waals surface area contributed by atoms with Crippen LogP contribution >= 0.6 is 0 Å². The number of fused-ring (bicyclic) bond motifs is 2. The summed E-state index contributed by atoms with van der Waals surface area (Å²) in [6.07, 6.45) is 3.23. The van der Waals surface area contributed by atoms with Gasteiger partial charge in [0.15, 0.2) is 11.5 Å². The normalized spacial score (nSPS) is 20.4. The fraction of sp³-hybridized carbons (Fsp3) is 0.400. The molecule has 2 aromatic heterocycles. The molecule has 0 spiro atoms. The number of amides is 1. The molecule has 30 heavy (non-hydrogen) atoms. The molecule has 4 N–H and O–H groups in total. The Morgan fingerprint density at radius 1 is 1.30 bits per heavy atom. The Kier molecular flexibility index (Phi) is 4.24. The van der Waals surface area contributed by atoms with E-state index in [2.05, 4.69) is 35.9 Å². The van der Waals surface area contributed by atoms with Crippen LogP contribution in [0, 0.1) is 0 Å². The van der Waals surface area contributed by atoms with Crippen molar-refractivity contribution in [3.8, 4) is 0 Å². The van der Waals surface area contributed by atoms with E-state index in [-0.39, 0.29) is 11.3 Å². The number of aromatic nitrogens is 4. The molecule has 2 aliphatic heterocycles. The molecule has 0 bridgehead atoms. The van der Waals surface area contributed by atoms with Crippen molar-refractivity contribution in [3.63, 3.8) is 0 Å². The molecular weight excluding hydrogens is 384 g/mol. The maximum absolute atomic E-state index is 11.6. The van der Waals surface area contributed by atoms with Gasteiger partial charge in [0, 0.05) is 55.2 Å². The van der Waals surface area contributed by atoms with Crippen molar-refractivity contribution in [1.29, 1.82) is 0 Å². The number of rotatable bonds is 3. The van der Waals surface area contributed by atoms with Gasteiger partial charge in [0.25, 0.3) is 0 Å². The van der Waals surface area contributed by atoms with E-state index in [1.165, 1.54) is 0 Å². The number of carbonyl (C=O) groups excluding carboxylic acids is 1. The molecule has 1 fully saturated rings. The zero-order valence-corrected chi connectivity index (χ0v) is 16.9. The summed E-state index contributed by atoms with van der Waals surface area (Å²) in [6.45, 7) is 5.85. The largest absolute Gasteiger partial charge is 0.373 e. The summed E-state index contributed by atoms with van der Waals surface area (Å²) in [5, 5.41) is 24.0. The topological polar surface area (TPSA) is 120 Å². The Bertz CT molecular complexity index is 1130. The van der Waals surface area contributed by atoms with E-state index in [1.54, 1.807) is 16.9 Å². The minimum atomic E-state index is -0.625. The molecular formula is C20H24N8O2. The fourth-order valence-electron chi connectivity index (χ4n) is 3.97. The summed E-state index contributed by atoms with van der Waals surface area (Å²) in [6, 6.07) is 5.91. The van der Waals surface area contributed by atoms with E-state index >= 15 is 0 Å². The third kappa shape index (κ3) is 3.09. The molecule has 1 saturated heterocycles. The van der Waals surface area contributed by atoms with Crippen molar-refractivity contribution in [2.45, 2.75) is 31.9 Å². The lowest BCUT2D eigenvalue weighted by Crippen LogP contribution is -2.32. The highest BCUT2D eigenvalue weighted by atomic mass is 16.3. The lowest BCUT2D eigenvalue weighted by molar-refractivity contribution is -0.120. The molecule has 1 atom stereocenters. The van der Waals surface area contributed by atoms with Gasteiger partial charge >= 0.3 is 0 Å². The van der Waals surface area contributed by atoms with Crippen LogP contribution in [0.4, 0.5) is 23.1 Å². The van der Waals surface area contributed by atoms with Crippen LogP contribution in [-0.4, -0.2) is 56.5 Å². The molecule has 0 aliphatic carbocycles. The minimum absolute atomic E-state index is 0.0480. The van der Waals surface area contributed by atoms with Gasteiger partial charge < -0.3 is 26.0 Å². The molecule has 10 heteroatoms. The second-order valence-electron chi connectivity index (χ2n) is 8.20. The number of anilines is 4. The first kappa shape index (κ1) is 18.6. The highest BCUT2D eigenvalue weighted by molar-refractivity contribution is 5.78. The molecule has 5 rings (SSSR count). The van der Waals surface area contributed by atoms with Gasteiger partial charge in [0.2, 0.25) is 11.9 Å². The summed E-state index contributed by atoms with van der Waals surface area (Å²) >= 11 is 0. The van der Waals surface area contributed by atoms with Gasteiger partial charge in [-0.2, -0.15) is 4.98 Å². The Balaban J connectivity index is 1.43. The van der Waals surface area contributed by atoms with Gasteiger partial charge in [-0.3, -0.25) is 4.79 Å². The summed E-state index contributed by atoms with van der Waals surface area (Å²) in [5.41, 5.74) is 3.06. The molecule has 3 aromatic rings. The number of aliphatic hydroxyl groups is 1. The van der Waals surface area contributed by atoms with E-state index in [0.717, 1.165) is 16.9 Å². The highest BCUT2D eigenvalue weighted by Crippen LogP contribution is 2.41. The predicted octanol–water partition coefficient (Wildman–Crippen LogP) is 1.22. The minimum Gasteiger partial charge on any atom is -0.373 e. The first-order valence-electron chi connectivity index (χ1n) is 10.0. The maximum Gasteiger partial charge on any atom is 0.247 e. The van der Waals surface area contributed by atoms with Crippen molar-refractivity contribution in [3.05, 3.63) is 36.2 Å². The van der Waals surface area contributed by atoms with E-state index < -0.39 is 6.23 Å². The van der Waals surface area contributed by atoms with E-state index in [0.29, 0.717) is 43.5 Å². The molecule has 1 aromatic carbocycles. The van der Waals surface area contributed by atoms with Gasteiger partial charge in [-0.15, -0.1) is 5.10 Å². The quantitative estimate of drug-likeness (QED) is 0.511. The number of benzene rings is 1. The van der Waals surface area contributed by atoms with Crippen LogP contribution in [0.1, 0.15) is 25.8 Å². The summed E-state index contributed by atoms with van der Waals surface area (Å²) in [5.74, 6) is 1.20. The molecule has 10 nitrogen and oxygen atoms in total. The van der Waals surface area contributed by atoms with Crippen molar-refractivity contribution in [1.82, 2.24) is 24.9 Å². The third-order valence-corrected chi connectivity index (χ3v) is 5.79. The van der Waals surface area contributed by atoms with Crippen molar-refractivity contribution in [2.24, 2.45) is 0 Å². The monoisotopic (exact) mass is 408 g/mol. The number of aliphatic hydroxyl groups excluding tert-OH is 1. The van der Waals surface area contributed by atoms with E-state index in [4.69, 9.17) is 0 Å². The zero-order valence-electron chi connectivity index (χ0n) is 16.9. The van der Waals surface area contributed by atoms with Crippen LogP contribution in [0.3, 0.4) is 0 Å². The first-order valence-corrected chi connectivity index (χ1v) is 10.0. The van der Waals surface area contributed by atoms with Crippen LogP contribution < -0.4 is 20.9 Å². The summed E-state index contributed by atoms with van der Waals surface area (Å²) in [4.78, 5) is 22.8. The van der Waals surface area contributed by atoms with E-state index in [1.807, 2.05) is 32.0 Å². The van der Waals surface area contributed by atoms with Gasteiger partial charge in [-0.1, -0.05) is 19.9 Å². The smallest absolute Gasteiger partial charge is 0.247 e. The first-order chi connectivity index (χ1) is 14.4. The van der Waals surface area contributed by atoms with Gasteiger partial charge in [0.1, 0.15) is 6.23 Å². The van der Waals surface area contributed by atoms with E-state index in [9.17, 15) is 9.90 Å². The van der Waals surface area contributed by atoms with Gasteiger partial charge in [0.05, 0.1) is 0 Å². The average Bonchev–Trinajstić information content (AvgIpc) is 3.12. The van der Waals surface area contributed by atoms with Crippen LogP contribution in [0.15, 0.2) is 30.6 Å². The zero-order chi connectivity index (χ0) is 20.9. The summed E-state index contributed by atoms with van der Waals surface area (Å²) < 4.78 is 1.68. The molecule has 4 heterocycles. The Labute approximate surface area is 173 Å². The van der Waals surface area contributed by atoms with Crippen LogP contribution in [0.2, 0.25) is 0 Å². The predicted molar refractivity (Wildman–Crippen MR) is 113 cm³/mol. The second-order valence-corrected chi connectivity index (χ2v) is 8.20.